The maximum Gasteiger partial charge on any atom is 0.296 e. The summed E-state index contributed by atoms with van der Waals surface area (Å²) in [5, 5.41) is 3.37. The summed E-state index contributed by atoms with van der Waals surface area (Å²) in [7, 11) is 0. The van der Waals surface area contributed by atoms with Crippen molar-refractivity contribution in [1.82, 2.24) is 29.4 Å². The van der Waals surface area contributed by atoms with Crippen LogP contribution in [0.15, 0.2) is 54.7 Å². The number of imidazole rings is 1. The van der Waals surface area contributed by atoms with Gasteiger partial charge in [0.05, 0.1) is 36.7 Å². The Kier molecular flexibility index (Phi) is 6.54. The number of halogens is 2. The summed E-state index contributed by atoms with van der Waals surface area (Å²) in [6.45, 7) is 3.26. The Balaban J connectivity index is 1.27. The number of hydrogen-bond donors (Lipinski definition) is 1. The van der Waals surface area contributed by atoms with E-state index in [0.29, 0.717) is 68.0 Å². The number of morpholine rings is 1. The lowest BCUT2D eigenvalue weighted by atomic mass is 10.1. The molecule has 2 aliphatic heterocycles. The first kappa shape index (κ1) is 24.2. The van der Waals surface area contributed by atoms with Crippen LogP contribution < -0.4 is 10.2 Å². The highest BCUT2D eigenvalue weighted by molar-refractivity contribution is 5.80. The molecule has 4 aromatic rings. The standard InChI is InChI=1S/C26H26F2N8O2/c27-24(28)25-31-19-6-1-2-7-20(19)36(25)22-14-21(32-26(33-22)34-9-11-38-12-10-34)30-18-15-35(16-18)23(37)13-17-5-3-4-8-29-17/h1-8,14,18,24H,9-13,15-16H2,(H,30,32,33). The molecule has 0 bridgehead atoms. The minimum absolute atomic E-state index is 0.00518. The number of hydrogen-bond acceptors (Lipinski definition) is 8. The molecule has 0 aliphatic carbocycles. The fourth-order valence-corrected chi connectivity index (χ4v) is 4.70. The highest BCUT2D eigenvalue weighted by atomic mass is 19.3. The quantitative estimate of drug-likeness (QED) is 0.397. The lowest BCUT2D eigenvalue weighted by Crippen LogP contribution is -2.57. The van der Waals surface area contributed by atoms with Gasteiger partial charge in [-0.25, -0.2) is 13.8 Å². The monoisotopic (exact) mass is 520 g/mol. The van der Waals surface area contributed by atoms with Crippen molar-refractivity contribution in [3.05, 3.63) is 66.2 Å². The molecule has 5 heterocycles. The lowest BCUT2D eigenvalue weighted by Gasteiger charge is -2.40. The summed E-state index contributed by atoms with van der Waals surface area (Å²) in [5.41, 5.74) is 1.73. The van der Waals surface area contributed by atoms with Crippen LogP contribution in [0.5, 0.6) is 0 Å². The maximum absolute atomic E-state index is 14.0. The Morgan fingerprint density at radius 3 is 2.61 bits per heavy atom. The number of likely N-dealkylation sites (tertiary alicyclic amines) is 1. The van der Waals surface area contributed by atoms with Crippen LogP contribution in [0.2, 0.25) is 0 Å². The molecule has 1 aromatic carbocycles. The predicted molar refractivity (Wildman–Crippen MR) is 137 cm³/mol. The first-order chi connectivity index (χ1) is 18.5. The molecule has 38 heavy (non-hydrogen) atoms. The van der Waals surface area contributed by atoms with Crippen LogP contribution in [0.25, 0.3) is 16.9 Å². The number of nitrogens with zero attached hydrogens (tertiary/aromatic N) is 7. The zero-order valence-electron chi connectivity index (χ0n) is 20.5. The molecule has 1 N–H and O–H groups in total. The molecule has 0 unspecified atom stereocenters. The molecule has 0 atom stereocenters. The molecular weight excluding hydrogens is 494 g/mol. The highest BCUT2D eigenvalue weighted by Crippen LogP contribution is 2.29. The number of anilines is 2. The Morgan fingerprint density at radius 2 is 1.84 bits per heavy atom. The van der Waals surface area contributed by atoms with Crippen LogP contribution >= 0.6 is 0 Å². The second-order valence-electron chi connectivity index (χ2n) is 9.24. The second-order valence-corrected chi connectivity index (χ2v) is 9.24. The number of ether oxygens (including phenoxy) is 1. The molecule has 0 saturated carbocycles. The molecule has 12 heteroatoms. The largest absolute Gasteiger partial charge is 0.378 e. The van der Waals surface area contributed by atoms with E-state index in [1.165, 1.54) is 4.57 Å². The number of aromatic nitrogens is 5. The van der Waals surface area contributed by atoms with Crippen LogP contribution in [0.3, 0.4) is 0 Å². The van der Waals surface area contributed by atoms with Crippen LogP contribution in [-0.2, 0) is 16.0 Å². The number of carbonyl (C=O) groups excluding carboxylic acids is 1. The number of alkyl halides is 2. The minimum Gasteiger partial charge on any atom is -0.378 e. The zero-order valence-corrected chi connectivity index (χ0v) is 20.5. The van der Waals surface area contributed by atoms with Crippen LogP contribution in [-0.4, -0.2) is 80.7 Å². The first-order valence-corrected chi connectivity index (χ1v) is 12.5. The molecule has 2 aliphatic rings. The van der Waals surface area contributed by atoms with Gasteiger partial charge < -0.3 is 19.9 Å². The van der Waals surface area contributed by atoms with E-state index < -0.39 is 6.43 Å². The molecule has 6 rings (SSSR count). The van der Waals surface area contributed by atoms with Crippen LogP contribution in [0.4, 0.5) is 20.5 Å². The molecule has 3 aromatic heterocycles. The van der Waals surface area contributed by atoms with Gasteiger partial charge >= 0.3 is 0 Å². The van der Waals surface area contributed by atoms with Crippen molar-refractivity contribution in [2.24, 2.45) is 0 Å². The Bertz CT molecular complexity index is 1440. The van der Waals surface area contributed by atoms with E-state index in [1.54, 1.807) is 41.4 Å². The van der Waals surface area contributed by atoms with Gasteiger partial charge in [-0.1, -0.05) is 18.2 Å². The third-order valence-electron chi connectivity index (χ3n) is 6.65. The van der Waals surface area contributed by atoms with Gasteiger partial charge in [0, 0.05) is 44.1 Å². The summed E-state index contributed by atoms with van der Waals surface area (Å²) in [4.78, 5) is 34.1. The number of carbonyl (C=O) groups is 1. The summed E-state index contributed by atoms with van der Waals surface area (Å²) in [5.74, 6) is 0.852. The van der Waals surface area contributed by atoms with Crippen molar-refractivity contribution in [2.45, 2.75) is 18.9 Å². The van der Waals surface area contributed by atoms with Crippen molar-refractivity contribution < 1.29 is 18.3 Å². The molecule has 2 saturated heterocycles. The molecule has 2 fully saturated rings. The van der Waals surface area contributed by atoms with Gasteiger partial charge in [0.15, 0.2) is 5.82 Å². The smallest absolute Gasteiger partial charge is 0.296 e. The molecule has 10 nitrogen and oxygen atoms in total. The number of amides is 1. The minimum atomic E-state index is -2.79. The van der Waals surface area contributed by atoms with E-state index in [2.05, 4.69) is 20.3 Å². The van der Waals surface area contributed by atoms with Crippen molar-refractivity contribution in [1.29, 1.82) is 0 Å². The normalized spacial score (nSPS) is 16.2. The zero-order chi connectivity index (χ0) is 26.1. The lowest BCUT2D eigenvalue weighted by molar-refractivity contribution is -0.134. The Morgan fingerprint density at radius 1 is 1.05 bits per heavy atom. The fraction of sp³-hybridized carbons (Fsp3) is 0.346. The maximum atomic E-state index is 14.0. The summed E-state index contributed by atoms with van der Waals surface area (Å²) < 4.78 is 34.9. The predicted octanol–water partition coefficient (Wildman–Crippen LogP) is 2.85. The summed E-state index contributed by atoms with van der Waals surface area (Å²) >= 11 is 0. The van der Waals surface area contributed by atoms with E-state index in [9.17, 15) is 13.6 Å². The van der Waals surface area contributed by atoms with Gasteiger partial charge in [-0.3, -0.25) is 14.3 Å². The fourth-order valence-electron chi connectivity index (χ4n) is 4.70. The SMILES string of the molecule is O=C(Cc1ccccn1)N1CC(Nc2cc(-n3c(C(F)F)nc4ccccc43)nc(N3CCOCC3)n2)C1. The first-order valence-electron chi connectivity index (χ1n) is 12.5. The number of pyridine rings is 1. The Labute approximate surface area is 217 Å². The number of nitrogens with one attached hydrogen (secondary N) is 1. The van der Waals surface area contributed by atoms with E-state index in [1.807, 2.05) is 23.1 Å². The summed E-state index contributed by atoms with van der Waals surface area (Å²) in [6.07, 6.45) is -0.868. The second kappa shape index (κ2) is 10.3. The van der Waals surface area contributed by atoms with Crippen LogP contribution in [0.1, 0.15) is 17.9 Å². The van der Waals surface area contributed by atoms with Gasteiger partial charge in [0.1, 0.15) is 11.6 Å². The third kappa shape index (κ3) is 4.86. The average Bonchev–Trinajstić information content (AvgIpc) is 3.31. The van der Waals surface area contributed by atoms with E-state index in [-0.39, 0.29) is 24.2 Å². The third-order valence-corrected chi connectivity index (χ3v) is 6.65. The van der Waals surface area contributed by atoms with E-state index in [0.717, 1.165) is 5.69 Å². The van der Waals surface area contributed by atoms with Gasteiger partial charge in [-0.2, -0.15) is 9.97 Å². The number of para-hydroxylation sites is 2. The van der Waals surface area contributed by atoms with Gasteiger partial charge in [0.25, 0.3) is 6.43 Å². The number of fused-ring (bicyclic) bond motifs is 1. The van der Waals surface area contributed by atoms with Crippen molar-refractivity contribution in [3.8, 4) is 5.82 Å². The molecule has 1 amide bonds. The Hall–Kier alpha value is -4.19. The van der Waals surface area contributed by atoms with Crippen molar-refractivity contribution in [3.63, 3.8) is 0 Å². The topological polar surface area (TPSA) is 101 Å². The highest BCUT2D eigenvalue weighted by Gasteiger charge is 2.31. The van der Waals surface area contributed by atoms with Crippen molar-refractivity contribution in [2.75, 3.05) is 49.6 Å². The van der Waals surface area contributed by atoms with Crippen molar-refractivity contribution >= 4 is 28.7 Å². The summed E-state index contributed by atoms with van der Waals surface area (Å²) in [6, 6.07) is 14.1. The molecule has 0 spiro atoms. The van der Waals surface area contributed by atoms with Gasteiger partial charge in [0.2, 0.25) is 11.9 Å². The molecule has 196 valence electrons. The number of rotatable bonds is 7. The van der Waals surface area contributed by atoms with Gasteiger partial charge in [-0.05, 0) is 24.3 Å². The molecule has 0 radical (unpaired) electrons. The van der Waals surface area contributed by atoms with E-state index >= 15 is 0 Å². The molecular formula is C26H26F2N8O2. The average molecular weight is 521 g/mol. The van der Waals surface area contributed by atoms with Crippen LogP contribution in [0, 0.1) is 0 Å². The van der Waals surface area contributed by atoms with Gasteiger partial charge in [-0.15, -0.1) is 0 Å². The van der Waals surface area contributed by atoms with E-state index in [4.69, 9.17) is 9.72 Å². The number of benzene rings is 1.